The van der Waals surface area contributed by atoms with Gasteiger partial charge in [-0.2, -0.15) is 21.0 Å². The number of carbonyl (C=O) groups excluding carboxylic acids is 1. The molecule has 0 bridgehead atoms. The van der Waals surface area contributed by atoms with E-state index in [2.05, 4.69) is 0 Å². The van der Waals surface area contributed by atoms with Gasteiger partial charge in [-0.1, -0.05) is 0 Å². The van der Waals surface area contributed by atoms with E-state index < -0.39 is 23.5 Å². The summed E-state index contributed by atoms with van der Waals surface area (Å²) in [5.41, 5.74) is -1.98. The normalized spacial score (nSPS) is 9.83. The smallest absolute Gasteiger partial charge is 0.200 e. The van der Waals surface area contributed by atoms with Crippen LogP contribution in [0.25, 0.3) is 0 Å². The standard InChI is InChI=1S/C12H6N4O2/c13-5-9(6-14)12(7-15,8-16)4-10(17)11-2-1-3-18-11/h1-3,9H,4H2. The van der Waals surface area contributed by atoms with E-state index >= 15 is 0 Å². The van der Waals surface area contributed by atoms with Crippen molar-refractivity contribution in [3.63, 3.8) is 0 Å². The highest BCUT2D eigenvalue weighted by molar-refractivity contribution is 5.94. The summed E-state index contributed by atoms with van der Waals surface area (Å²) in [5, 5.41) is 35.5. The highest BCUT2D eigenvalue weighted by Gasteiger charge is 2.43. The highest BCUT2D eigenvalue weighted by Crippen LogP contribution is 2.31. The second kappa shape index (κ2) is 5.30. The minimum absolute atomic E-state index is 0.0143. The molecular formula is C12H6N4O2. The van der Waals surface area contributed by atoms with Crippen molar-refractivity contribution in [2.24, 2.45) is 11.3 Å². The number of nitriles is 4. The predicted octanol–water partition coefficient (Wildman–Crippen LogP) is 1.55. The van der Waals surface area contributed by atoms with E-state index in [1.807, 2.05) is 0 Å². The van der Waals surface area contributed by atoms with Crippen LogP contribution in [0.15, 0.2) is 22.8 Å². The van der Waals surface area contributed by atoms with Crippen LogP contribution in [-0.2, 0) is 0 Å². The molecule has 0 radical (unpaired) electrons. The summed E-state index contributed by atoms with van der Waals surface area (Å²) in [4.78, 5) is 11.8. The van der Waals surface area contributed by atoms with Gasteiger partial charge in [-0.25, -0.2) is 0 Å². The molecule has 1 rings (SSSR count). The maximum atomic E-state index is 11.8. The third kappa shape index (κ3) is 2.19. The highest BCUT2D eigenvalue weighted by atomic mass is 16.3. The van der Waals surface area contributed by atoms with Crippen molar-refractivity contribution in [2.45, 2.75) is 6.42 Å². The van der Waals surface area contributed by atoms with Crippen molar-refractivity contribution in [3.05, 3.63) is 24.2 Å². The summed E-state index contributed by atoms with van der Waals surface area (Å²) in [5.74, 6) is -2.11. The molecule has 0 saturated heterocycles. The van der Waals surface area contributed by atoms with Gasteiger partial charge in [0.25, 0.3) is 0 Å². The van der Waals surface area contributed by atoms with Crippen LogP contribution in [-0.4, -0.2) is 5.78 Å². The van der Waals surface area contributed by atoms with Crippen molar-refractivity contribution in [3.8, 4) is 24.3 Å². The molecule has 0 aliphatic carbocycles. The average molecular weight is 238 g/mol. The molecule has 1 heterocycles. The minimum atomic E-state index is -1.98. The summed E-state index contributed by atoms with van der Waals surface area (Å²) < 4.78 is 4.84. The first-order valence-corrected chi connectivity index (χ1v) is 4.82. The van der Waals surface area contributed by atoms with Gasteiger partial charge in [0, 0.05) is 6.42 Å². The summed E-state index contributed by atoms with van der Waals surface area (Å²) in [6.07, 6.45) is 0.721. The van der Waals surface area contributed by atoms with E-state index in [1.54, 1.807) is 24.3 Å². The Morgan fingerprint density at radius 1 is 1.28 bits per heavy atom. The molecule has 1 aromatic heterocycles. The summed E-state index contributed by atoms with van der Waals surface area (Å²) in [7, 11) is 0. The third-order valence-electron chi connectivity index (χ3n) is 2.39. The number of Topliss-reactive ketones (excluding diaryl/α,β-unsaturated/α-hetero) is 1. The molecule has 0 saturated carbocycles. The molecule has 6 nitrogen and oxygen atoms in total. The topological polar surface area (TPSA) is 125 Å². The van der Waals surface area contributed by atoms with Crippen LogP contribution in [0.1, 0.15) is 17.0 Å². The Balaban J connectivity index is 3.08. The van der Waals surface area contributed by atoms with Crippen LogP contribution in [0.2, 0.25) is 0 Å². The molecule has 0 fully saturated rings. The van der Waals surface area contributed by atoms with Gasteiger partial charge in [0.05, 0.1) is 30.5 Å². The third-order valence-corrected chi connectivity index (χ3v) is 2.39. The van der Waals surface area contributed by atoms with E-state index in [0.717, 1.165) is 0 Å². The Kier molecular flexibility index (Phi) is 3.82. The van der Waals surface area contributed by atoms with E-state index in [1.165, 1.54) is 18.4 Å². The number of hydrogen-bond acceptors (Lipinski definition) is 6. The lowest BCUT2D eigenvalue weighted by atomic mass is 9.75. The van der Waals surface area contributed by atoms with Crippen molar-refractivity contribution in [2.75, 3.05) is 0 Å². The second-order valence-corrected chi connectivity index (χ2v) is 3.46. The van der Waals surface area contributed by atoms with Crippen LogP contribution in [0.3, 0.4) is 0 Å². The molecule has 0 spiro atoms. The quantitative estimate of drug-likeness (QED) is 0.732. The van der Waals surface area contributed by atoms with Crippen molar-refractivity contribution < 1.29 is 9.21 Å². The first-order chi connectivity index (χ1) is 8.63. The van der Waals surface area contributed by atoms with Crippen molar-refractivity contribution >= 4 is 5.78 Å². The SMILES string of the molecule is N#CC(C#N)C(C#N)(C#N)CC(=O)c1ccco1. The Morgan fingerprint density at radius 3 is 2.28 bits per heavy atom. The molecule has 86 valence electrons. The Hall–Kier alpha value is -3.09. The van der Waals surface area contributed by atoms with Crippen molar-refractivity contribution in [1.29, 1.82) is 21.0 Å². The summed E-state index contributed by atoms with van der Waals surface area (Å²) >= 11 is 0. The summed E-state index contributed by atoms with van der Waals surface area (Å²) in [6.45, 7) is 0. The predicted molar refractivity (Wildman–Crippen MR) is 56.0 cm³/mol. The first-order valence-electron chi connectivity index (χ1n) is 4.82. The van der Waals surface area contributed by atoms with Crippen LogP contribution >= 0.6 is 0 Å². The van der Waals surface area contributed by atoms with Gasteiger partial charge in [0.15, 0.2) is 17.1 Å². The minimum Gasteiger partial charge on any atom is -0.461 e. The monoisotopic (exact) mass is 238 g/mol. The van der Waals surface area contributed by atoms with Gasteiger partial charge in [-0.3, -0.25) is 4.79 Å². The summed E-state index contributed by atoms with van der Waals surface area (Å²) in [6, 6.07) is 9.17. The van der Waals surface area contributed by atoms with Gasteiger partial charge in [0.2, 0.25) is 5.78 Å². The Morgan fingerprint density at radius 2 is 1.89 bits per heavy atom. The molecular weight excluding hydrogens is 232 g/mol. The number of ketones is 1. The average Bonchev–Trinajstić information content (AvgIpc) is 2.92. The van der Waals surface area contributed by atoms with Crippen LogP contribution in [0.4, 0.5) is 0 Å². The van der Waals surface area contributed by atoms with Gasteiger partial charge < -0.3 is 4.42 Å². The van der Waals surface area contributed by atoms with Crippen molar-refractivity contribution in [1.82, 2.24) is 0 Å². The van der Waals surface area contributed by atoms with Crippen LogP contribution in [0.5, 0.6) is 0 Å². The lowest BCUT2D eigenvalue weighted by Crippen LogP contribution is -2.28. The fourth-order valence-electron chi connectivity index (χ4n) is 1.36. The largest absolute Gasteiger partial charge is 0.461 e. The van der Waals surface area contributed by atoms with E-state index in [-0.39, 0.29) is 5.76 Å². The molecule has 0 N–H and O–H groups in total. The Bertz CT molecular complexity index is 576. The van der Waals surface area contributed by atoms with E-state index in [9.17, 15) is 4.79 Å². The van der Waals surface area contributed by atoms with E-state index in [4.69, 9.17) is 25.5 Å². The lowest BCUT2D eigenvalue weighted by molar-refractivity contribution is 0.0923. The zero-order valence-electron chi connectivity index (χ0n) is 9.12. The fourth-order valence-corrected chi connectivity index (χ4v) is 1.36. The maximum Gasteiger partial charge on any atom is 0.200 e. The molecule has 0 amide bonds. The first kappa shape index (κ1) is 13.0. The Labute approximate surface area is 103 Å². The molecule has 18 heavy (non-hydrogen) atoms. The second-order valence-electron chi connectivity index (χ2n) is 3.46. The van der Waals surface area contributed by atoms with Crippen LogP contribution in [0, 0.1) is 56.7 Å². The molecule has 0 unspecified atom stereocenters. The number of hydrogen-bond donors (Lipinski definition) is 0. The fraction of sp³-hybridized carbons (Fsp3) is 0.250. The molecule has 6 heteroatoms. The van der Waals surface area contributed by atoms with Crippen LogP contribution < -0.4 is 0 Å². The molecule has 0 aliphatic rings. The molecule has 1 aromatic rings. The number of carbonyl (C=O) groups is 1. The molecule has 0 aliphatic heterocycles. The molecule has 0 aromatic carbocycles. The molecule has 0 atom stereocenters. The number of nitrogens with zero attached hydrogens (tertiary/aromatic N) is 4. The zero-order valence-corrected chi connectivity index (χ0v) is 9.12. The zero-order chi connectivity index (χ0) is 13.6. The van der Waals surface area contributed by atoms with Gasteiger partial charge in [-0.05, 0) is 12.1 Å². The van der Waals surface area contributed by atoms with Gasteiger partial charge >= 0.3 is 0 Å². The maximum absolute atomic E-state index is 11.8. The van der Waals surface area contributed by atoms with Gasteiger partial charge in [-0.15, -0.1) is 0 Å². The number of rotatable bonds is 4. The number of furan rings is 1. The lowest BCUT2D eigenvalue weighted by Gasteiger charge is -2.16. The van der Waals surface area contributed by atoms with Gasteiger partial charge in [0.1, 0.15) is 0 Å². The van der Waals surface area contributed by atoms with E-state index in [0.29, 0.717) is 0 Å².